The molecule has 3 aromatic rings. The van der Waals surface area contributed by atoms with Crippen LogP contribution in [0.2, 0.25) is 6.04 Å². The third kappa shape index (κ3) is 8.69. The van der Waals surface area contributed by atoms with E-state index in [0.29, 0.717) is 26.3 Å². The number of fused-ring (bicyclic) bond motifs is 1. The Hall–Kier alpha value is -3.46. The maximum absolute atomic E-state index is 15.7. The van der Waals surface area contributed by atoms with Crippen molar-refractivity contribution in [1.82, 2.24) is 14.9 Å². The SMILES string of the molecule is Cc1cc(C)cc(C[Si]CCOCN(C(=O)OC(C)(C)C)C2=NC(C)(c3cc(/C=C(\F)c4cnc(Br)cn4)ccc3F)C3CC3(C(=O)O)S2)c1. The highest BCUT2D eigenvalue weighted by Crippen LogP contribution is 2.66. The predicted octanol–water partition coefficient (Wildman–Crippen LogP) is 8.16. The van der Waals surface area contributed by atoms with E-state index in [0.717, 1.165) is 23.9 Å². The molecule has 50 heavy (non-hydrogen) atoms. The minimum atomic E-state index is -1.42. The average Bonchev–Trinajstić information content (AvgIpc) is 3.78. The fourth-order valence-corrected chi connectivity index (χ4v) is 8.67. The fraction of sp³-hybridized carbons (Fsp3) is 0.417. The first-order chi connectivity index (χ1) is 23.5. The number of aliphatic carboxylic acids is 1. The van der Waals surface area contributed by atoms with Crippen LogP contribution in [0.15, 0.2) is 58.4 Å². The van der Waals surface area contributed by atoms with Gasteiger partial charge in [-0.1, -0.05) is 52.7 Å². The van der Waals surface area contributed by atoms with Crippen LogP contribution in [0.4, 0.5) is 13.6 Å². The number of carbonyl (C=O) groups excluding carboxylic acids is 1. The lowest BCUT2D eigenvalue weighted by Gasteiger charge is -2.37. The fourth-order valence-electron chi connectivity index (χ4n) is 6.00. The van der Waals surface area contributed by atoms with Gasteiger partial charge in [0.05, 0.1) is 17.9 Å². The minimum absolute atomic E-state index is 0.00876. The van der Waals surface area contributed by atoms with Gasteiger partial charge >= 0.3 is 12.1 Å². The minimum Gasteiger partial charge on any atom is -0.480 e. The first kappa shape index (κ1) is 37.8. The molecule has 3 atom stereocenters. The summed E-state index contributed by atoms with van der Waals surface area (Å²) in [6, 6.07) is 12.2. The van der Waals surface area contributed by atoms with Crippen LogP contribution in [0.3, 0.4) is 0 Å². The Labute approximate surface area is 305 Å². The van der Waals surface area contributed by atoms with E-state index in [2.05, 4.69) is 57.9 Å². The summed E-state index contributed by atoms with van der Waals surface area (Å²) in [6.07, 6.45) is 3.24. The van der Waals surface area contributed by atoms with E-state index in [1.165, 1.54) is 58.3 Å². The van der Waals surface area contributed by atoms with Crippen molar-refractivity contribution >= 4 is 66.3 Å². The second kappa shape index (κ2) is 15.0. The van der Waals surface area contributed by atoms with Crippen LogP contribution < -0.4 is 0 Å². The topological polar surface area (TPSA) is 114 Å². The second-order valence-electron chi connectivity index (χ2n) is 13.7. The van der Waals surface area contributed by atoms with Gasteiger partial charge in [0.2, 0.25) is 0 Å². The number of carboxylic acids is 1. The Morgan fingerprint density at radius 2 is 1.88 bits per heavy atom. The van der Waals surface area contributed by atoms with E-state index in [1.807, 2.05) is 0 Å². The van der Waals surface area contributed by atoms with Crippen LogP contribution in [-0.2, 0) is 25.9 Å². The van der Waals surface area contributed by atoms with Gasteiger partial charge in [-0.25, -0.2) is 28.4 Å². The first-order valence-electron chi connectivity index (χ1n) is 16.0. The van der Waals surface area contributed by atoms with Crippen LogP contribution >= 0.6 is 27.7 Å². The van der Waals surface area contributed by atoms with Crippen LogP contribution in [-0.4, -0.2) is 70.4 Å². The first-order valence-corrected chi connectivity index (χ1v) is 19.1. The Bertz CT molecular complexity index is 1820. The zero-order valence-electron chi connectivity index (χ0n) is 28.7. The van der Waals surface area contributed by atoms with Crippen molar-refractivity contribution in [2.45, 2.75) is 75.9 Å². The van der Waals surface area contributed by atoms with Crippen LogP contribution in [0.1, 0.15) is 67.6 Å². The van der Waals surface area contributed by atoms with E-state index < -0.39 is 45.5 Å². The van der Waals surface area contributed by atoms with Crippen LogP contribution in [0.25, 0.3) is 11.9 Å². The van der Waals surface area contributed by atoms with E-state index in [9.17, 15) is 14.7 Å². The maximum atomic E-state index is 15.7. The van der Waals surface area contributed by atoms with E-state index in [1.54, 1.807) is 27.7 Å². The van der Waals surface area contributed by atoms with Crippen molar-refractivity contribution in [3.63, 3.8) is 0 Å². The largest absolute Gasteiger partial charge is 0.480 e. The highest BCUT2D eigenvalue weighted by Gasteiger charge is 2.72. The lowest BCUT2D eigenvalue weighted by Crippen LogP contribution is -2.47. The molecule has 0 bridgehead atoms. The number of thioether (sulfide) groups is 1. The van der Waals surface area contributed by atoms with E-state index in [-0.39, 0.29) is 29.6 Å². The number of ether oxygens (including phenoxy) is 2. The molecule has 0 spiro atoms. The van der Waals surface area contributed by atoms with Crippen molar-refractivity contribution in [3.05, 3.63) is 92.7 Å². The number of aliphatic imine (C=N–C) groups is 1. The molecule has 264 valence electrons. The van der Waals surface area contributed by atoms with Gasteiger partial charge in [0.1, 0.15) is 33.2 Å². The summed E-state index contributed by atoms with van der Waals surface area (Å²) in [5.74, 6) is -3.03. The lowest BCUT2D eigenvalue weighted by molar-refractivity contribution is -0.137. The van der Waals surface area contributed by atoms with Gasteiger partial charge in [-0.15, -0.1) is 0 Å². The molecule has 2 aliphatic rings. The Balaban J connectivity index is 1.42. The maximum Gasteiger partial charge on any atom is 0.418 e. The number of nitrogens with zero attached hydrogens (tertiary/aromatic N) is 4. The molecule has 1 aliphatic carbocycles. The molecule has 1 fully saturated rings. The predicted molar refractivity (Wildman–Crippen MR) is 195 cm³/mol. The summed E-state index contributed by atoms with van der Waals surface area (Å²) in [5.41, 5.74) is 1.79. The van der Waals surface area contributed by atoms with Crippen LogP contribution in [0.5, 0.6) is 0 Å². The third-order valence-electron chi connectivity index (χ3n) is 8.35. The Morgan fingerprint density at radius 1 is 1.16 bits per heavy atom. The molecule has 2 heterocycles. The van der Waals surface area contributed by atoms with Crippen molar-refractivity contribution in [1.29, 1.82) is 0 Å². The molecule has 1 amide bonds. The molecular formula is C36H39BrF2N4O5SSi. The molecule has 2 aromatic carbocycles. The van der Waals surface area contributed by atoms with Crippen molar-refractivity contribution in [3.8, 4) is 0 Å². The lowest BCUT2D eigenvalue weighted by atomic mass is 9.84. The van der Waals surface area contributed by atoms with Gasteiger partial charge in [0.25, 0.3) is 0 Å². The number of rotatable bonds is 11. The van der Waals surface area contributed by atoms with Gasteiger partial charge in [0.15, 0.2) is 11.0 Å². The molecule has 0 saturated heterocycles. The summed E-state index contributed by atoms with van der Waals surface area (Å²) in [6.45, 7) is 11.1. The summed E-state index contributed by atoms with van der Waals surface area (Å²) < 4.78 is 41.6. The van der Waals surface area contributed by atoms with Crippen molar-refractivity contribution in [2.75, 3.05) is 13.3 Å². The summed E-state index contributed by atoms with van der Waals surface area (Å²) in [7, 11) is 0.594. The average molecular weight is 786 g/mol. The van der Waals surface area contributed by atoms with Gasteiger partial charge in [0, 0.05) is 27.6 Å². The molecule has 5 rings (SSSR count). The van der Waals surface area contributed by atoms with Gasteiger partial charge < -0.3 is 14.6 Å². The zero-order valence-corrected chi connectivity index (χ0v) is 32.1. The summed E-state index contributed by atoms with van der Waals surface area (Å²) in [4.78, 5) is 40.5. The molecule has 1 aliphatic heterocycles. The van der Waals surface area contributed by atoms with Gasteiger partial charge in [-0.3, -0.25) is 9.79 Å². The summed E-state index contributed by atoms with van der Waals surface area (Å²) >= 11 is 4.12. The molecule has 1 N–H and O–H groups in total. The quantitative estimate of drug-likeness (QED) is 0.118. The molecule has 3 unspecified atom stereocenters. The Kier molecular flexibility index (Phi) is 11.4. The van der Waals surface area contributed by atoms with E-state index in [4.69, 9.17) is 14.5 Å². The summed E-state index contributed by atoms with van der Waals surface area (Å²) in [5, 5.41) is 10.5. The molecule has 2 radical (unpaired) electrons. The molecule has 9 nitrogen and oxygen atoms in total. The van der Waals surface area contributed by atoms with Crippen molar-refractivity contribution < 1.29 is 33.0 Å². The number of aryl methyl sites for hydroxylation is 2. The number of carbonyl (C=O) groups is 2. The monoisotopic (exact) mass is 784 g/mol. The highest BCUT2D eigenvalue weighted by molar-refractivity contribution is 9.10. The number of benzene rings is 2. The van der Waals surface area contributed by atoms with Gasteiger partial charge in [-0.05, 0) is 99.8 Å². The zero-order chi connectivity index (χ0) is 36.4. The number of hydrogen-bond acceptors (Lipinski definition) is 8. The number of halogens is 3. The number of carboxylic acid groups (broad SMARTS) is 1. The number of amidine groups is 1. The molecule has 14 heteroatoms. The van der Waals surface area contributed by atoms with Gasteiger partial charge in [-0.2, -0.15) is 0 Å². The molecule has 1 aromatic heterocycles. The van der Waals surface area contributed by atoms with E-state index >= 15 is 8.78 Å². The molecule has 1 saturated carbocycles. The second-order valence-corrected chi connectivity index (χ2v) is 17.1. The number of amides is 1. The van der Waals surface area contributed by atoms with Crippen molar-refractivity contribution in [2.24, 2.45) is 10.9 Å². The molecular weight excluding hydrogens is 746 g/mol. The third-order valence-corrected chi connectivity index (χ3v) is 11.5. The number of hydrogen-bond donors (Lipinski definition) is 1. The standard InChI is InChI=1S/C36H39BrF2N4O5SSi/c1-21-11-22(2)13-24(12-21)19-50-10-9-47-20-43(33(46)48-34(3,4)5)32-42-35(6,29-16-36(29,49-32)31(44)45)25-14-23(7-8-26(25)38)15-27(39)28-17-41-30(37)18-40-28/h7-8,11-15,17-18,29H,9-10,16,19-20H2,1-6H3,(H,44,45)/b27-15-. The number of aromatic nitrogens is 2. The Morgan fingerprint density at radius 3 is 2.52 bits per heavy atom. The van der Waals surface area contributed by atoms with Crippen LogP contribution in [0, 0.1) is 25.6 Å². The highest BCUT2D eigenvalue weighted by atomic mass is 79.9. The normalized spacial score (nSPS) is 21.7. The smallest absolute Gasteiger partial charge is 0.418 e.